The van der Waals surface area contributed by atoms with Gasteiger partial charge in [0.1, 0.15) is 17.2 Å². The topological polar surface area (TPSA) is 90.7 Å². The van der Waals surface area contributed by atoms with Gasteiger partial charge in [-0.2, -0.15) is 0 Å². The van der Waals surface area contributed by atoms with Crippen LogP contribution in [-0.4, -0.2) is 16.6 Å². The van der Waals surface area contributed by atoms with Crippen molar-refractivity contribution in [2.45, 2.75) is 33.2 Å². The standard InChI is InChI=1S/C18H20N2O5/c1-12-10-13(20(22)23)8-9-16(12)24-14-6-5-7-15(11-14)25-17(21)19-18(2,3)4/h5-11H,1-4H3,(H,19,21). The van der Waals surface area contributed by atoms with Crippen LogP contribution >= 0.6 is 0 Å². The number of aryl methyl sites for hydroxylation is 1. The number of non-ortho nitro benzene ring substituents is 1. The molecule has 2 aromatic carbocycles. The van der Waals surface area contributed by atoms with Crippen molar-refractivity contribution in [3.05, 3.63) is 58.1 Å². The summed E-state index contributed by atoms with van der Waals surface area (Å²) in [4.78, 5) is 22.1. The van der Waals surface area contributed by atoms with Crippen molar-refractivity contribution in [2.75, 3.05) is 0 Å². The molecule has 1 amide bonds. The van der Waals surface area contributed by atoms with Crippen LogP contribution in [0.1, 0.15) is 26.3 Å². The van der Waals surface area contributed by atoms with Gasteiger partial charge in [0.15, 0.2) is 0 Å². The summed E-state index contributed by atoms with van der Waals surface area (Å²) in [6, 6.07) is 10.9. The van der Waals surface area contributed by atoms with E-state index in [1.54, 1.807) is 31.2 Å². The van der Waals surface area contributed by atoms with Crippen LogP contribution in [0.2, 0.25) is 0 Å². The number of amides is 1. The minimum atomic E-state index is -0.559. The number of hydrogen-bond acceptors (Lipinski definition) is 5. The Hall–Kier alpha value is -3.09. The van der Waals surface area contributed by atoms with Crippen LogP contribution in [0.5, 0.6) is 17.2 Å². The molecule has 2 rings (SSSR count). The Labute approximate surface area is 145 Å². The third kappa shape index (κ3) is 5.49. The van der Waals surface area contributed by atoms with E-state index in [0.29, 0.717) is 22.8 Å². The zero-order valence-corrected chi connectivity index (χ0v) is 14.5. The minimum Gasteiger partial charge on any atom is -0.457 e. The average Bonchev–Trinajstić information content (AvgIpc) is 2.47. The maximum atomic E-state index is 11.8. The molecule has 25 heavy (non-hydrogen) atoms. The number of hydrogen-bond donors (Lipinski definition) is 1. The molecule has 0 spiro atoms. The summed E-state index contributed by atoms with van der Waals surface area (Å²) in [6.45, 7) is 7.28. The molecule has 0 saturated heterocycles. The van der Waals surface area contributed by atoms with Crippen molar-refractivity contribution in [3.8, 4) is 17.2 Å². The molecule has 0 fully saturated rings. The van der Waals surface area contributed by atoms with E-state index in [-0.39, 0.29) is 5.69 Å². The molecule has 7 nitrogen and oxygen atoms in total. The van der Waals surface area contributed by atoms with Crippen molar-refractivity contribution >= 4 is 11.8 Å². The monoisotopic (exact) mass is 344 g/mol. The molecule has 0 unspecified atom stereocenters. The molecule has 0 saturated carbocycles. The van der Waals surface area contributed by atoms with Gasteiger partial charge in [-0.05, 0) is 51.5 Å². The molecule has 7 heteroatoms. The van der Waals surface area contributed by atoms with Crippen molar-refractivity contribution in [1.82, 2.24) is 5.32 Å². The van der Waals surface area contributed by atoms with Crippen molar-refractivity contribution < 1.29 is 19.2 Å². The lowest BCUT2D eigenvalue weighted by Crippen LogP contribution is -2.42. The molecule has 0 aromatic heterocycles. The third-order valence-electron chi connectivity index (χ3n) is 3.09. The summed E-state index contributed by atoms with van der Waals surface area (Å²) >= 11 is 0. The number of nitro groups is 1. The second-order valence-electron chi connectivity index (χ2n) is 6.55. The average molecular weight is 344 g/mol. The van der Waals surface area contributed by atoms with Crippen molar-refractivity contribution in [1.29, 1.82) is 0 Å². The van der Waals surface area contributed by atoms with Gasteiger partial charge in [0, 0.05) is 23.7 Å². The molecule has 0 bridgehead atoms. The molecule has 2 aromatic rings. The lowest BCUT2D eigenvalue weighted by molar-refractivity contribution is -0.384. The largest absolute Gasteiger partial charge is 0.457 e. The number of benzene rings is 2. The predicted octanol–water partition coefficient (Wildman–Crippen LogP) is 4.58. The van der Waals surface area contributed by atoms with Gasteiger partial charge in [-0.1, -0.05) is 6.07 Å². The van der Waals surface area contributed by atoms with Crippen molar-refractivity contribution in [3.63, 3.8) is 0 Å². The number of carbonyl (C=O) groups is 1. The number of nitrogens with zero attached hydrogens (tertiary/aromatic N) is 1. The number of nitro benzene ring substituents is 1. The Kier molecular flexibility index (Phi) is 5.26. The minimum absolute atomic E-state index is 0.000727. The Bertz CT molecular complexity index is 796. The fourth-order valence-corrected chi connectivity index (χ4v) is 2.03. The zero-order chi connectivity index (χ0) is 18.6. The van der Waals surface area contributed by atoms with Crippen LogP contribution in [0.3, 0.4) is 0 Å². The summed E-state index contributed by atoms with van der Waals surface area (Å²) in [7, 11) is 0. The predicted molar refractivity (Wildman–Crippen MR) is 93.3 cm³/mol. The molecule has 0 atom stereocenters. The Morgan fingerprint density at radius 2 is 1.80 bits per heavy atom. The van der Waals surface area contributed by atoms with Crippen molar-refractivity contribution in [2.24, 2.45) is 0 Å². The molecule has 0 aliphatic rings. The van der Waals surface area contributed by atoms with Crippen LogP contribution in [0.4, 0.5) is 10.5 Å². The van der Waals surface area contributed by atoms with E-state index in [0.717, 1.165) is 0 Å². The third-order valence-corrected chi connectivity index (χ3v) is 3.09. The molecular formula is C18H20N2O5. The summed E-state index contributed by atoms with van der Waals surface area (Å²) in [6.07, 6.45) is -0.559. The second-order valence-corrected chi connectivity index (χ2v) is 6.55. The lowest BCUT2D eigenvalue weighted by atomic mass is 10.1. The van der Waals surface area contributed by atoms with E-state index in [1.165, 1.54) is 18.2 Å². The maximum absolute atomic E-state index is 11.8. The van der Waals surface area contributed by atoms with E-state index in [1.807, 2.05) is 20.8 Å². The van der Waals surface area contributed by atoms with Crippen LogP contribution in [0.25, 0.3) is 0 Å². The first-order valence-electron chi connectivity index (χ1n) is 7.67. The first-order valence-corrected chi connectivity index (χ1v) is 7.67. The van der Waals surface area contributed by atoms with Gasteiger partial charge >= 0.3 is 6.09 Å². The quantitative estimate of drug-likeness (QED) is 0.647. The molecule has 0 heterocycles. The first-order chi connectivity index (χ1) is 11.6. The van der Waals surface area contributed by atoms with Gasteiger partial charge in [0.05, 0.1) is 4.92 Å². The molecule has 132 valence electrons. The smallest absolute Gasteiger partial charge is 0.413 e. The number of carbonyl (C=O) groups excluding carboxylic acids is 1. The van der Waals surface area contributed by atoms with E-state index >= 15 is 0 Å². The maximum Gasteiger partial charge on any atom is 0.413 e. The van der Waals surface area contributed by atoms with E-state index in [2.05, 4.69) is 5.32 Å². The van der Waals surface area contributed by atoms with Crippen LogP contribution in [0, 0.1) is 17.0 Å². The molecule has 0 aliphatic heterocycles. The summed E-state index contributed by atoms with van der Waals surface area (Å²) in [5, 5.41) is 13.5. The van der Waals surface area contributed by atoms with E-state index in [9.17, 15) is 14.9 Å². The van der Waals surface area contributed by atoms with Gasteiger partial charge in [0.25, 0.3) is 5.69 Å². The fraction of sp³-hybridized carbons (Fsp3) is 0.278. The Balaban J connectivity index is 2.11. The highest BCUT2D eigenvalue weighted by atomic mass is 16.6. The van der Waals surface area contributed by atoms with Gasteiger partial charge < -0.3 is 14.8 Å². The van der Waals surface area contributed by atoms with Gasteiger partial charge in [0.2, 0.25) is 0 Å². The normalized spacial score (nSPS) is 10.9. The summed E-state index contributed by atoms with van der Waals surface area (Å²) in [5.41, 5.74) is 0.230. The molecule has 0 radical (unpaired) electrons. The summed E-state index contributed by atoms with van der Waals surface area (Å²) in [5.74, 6) is 1.28. The summed E-state index contributed by atoms with van der Waals surface area (Å²) < 4.78 is 11.0. The van der Waals surface area contributed by atoms with Crippen LogP contribution in [0.15, 0.2) is 42.5 Å². The fourth-order valence-electron chi connectivity index (χ4n) is 2.03. The van der Waals surface area contributed by atoms with Crippen LogP contribution < -0.4 is 14.8 Å². The van der Waals surface area contributed by atoms with Gasteiger partial charge in [-0.25, -0.2) is 4.79 Å². The lowest BCUT2D eigenvalue weighted by Gasteiger charge is -2.19. The molecular weight excluding hydrogens is 324 g/mol. The first kappa shape index (κ1) is 18.3. The molecule has 0 aliphatic carbocycles. The Morgan fingerprint density at radius 1 is 1.12 bits per heavy atom. The zero-order valence-electron chi connectivity index (χ0n) is 14.5. The number of ether oxygens (including phenoxy) is 2. The van der Waals surface area contributed by atoms with Gasteiger partial charge in [-0.15, -0.1) is 0 Å². The highest BCUT2D eigenvalue weighted by molar-refractivity contribution is 5.71. The number of rotatable bonds is 4. The van der Waals surface area contributed by atoms with E-state index in [4.69, 9.17) is 9.47 Å². The highest BCUT2D eigenvalue weighted by Crippen LogP contribution is 2.30. The van der Waals surface area contributed by atoms with Gasteiger partial charge in [-0.3, -0.25) is 10.1 Å². The SMILES string of the molecule is Cc1cc([N+](=O)[O-])ccc1Oc1cccc(OC(=O)NC(C)(C)C)c1. The number of nitrogens with one attached hydrogen (secondary N) is 1. The second kappa shape index (κ2) is 7.21. The van der Waals surface area contributed by atoms with Crippen LogP contribution in [-0.2, 0) is 0 Å². The molecule has 1 N–H and O–H groups in total. The Morgan fingerprint density at radius 3 is 2.40 bits per heavy atom. The highest BCUT2D eigenvalue weighted by Gasteiger charge is 2.15. The van der Waals surface area contributed by atoms with E-state index < -0.39 is 16.6 Å².